The number of nitrogens with two attached hydrogens (primary N) is 1. The van der Waals surface area contributed by atoms with Crippen LogP contribution < -0.4 is 10.6 Å². The summed E-state index contributed by atoms with van der Waals surface area (Å²) in [6.07, 6.45) is -4.12. The lowest BCUT2D eigenvalue weighted by atomic mass is 10.1. The van der Waals surface area contributed by atoms with E-state index in [1.165, 1.54) is 4.90 Å². The highest BCUT2D eigenvalue weighted by atomic mass is 19.4. The van der Waals surface area contributed by atoms with Crippen molar-refractivity contribution in [2.45, 2.75) is 13.1 Å². The van der Waals surface area contributed by atoms with Crippen molar-refractivity contribution in [3.63, 3.8) is 0 Å². The number of benzene rings is 1. The van der Waals surface area contributed by atoms with Crippen LogP contribution in [-0.2, 0) is 0 Å². The summed E-state index contributed by atoms with van der Waals surface area (Å²) in [6.45, 7) is 3.10. The first kappa shape index (κ1) is 14.0. The number of hydrogen-bond acceptors (Lipinski definition) is 3. The Morgan fingerprint density at radius 1 is 1.16 bits per heavy atom. The van der Waals surface area contributed by atoms with Crippen molar-refractivity contribution in [3.05, 3.63) is 23.8 Å². The number of aryl methyl sites for hydroxylation is 1. The largest absolute Gasteiger partial charge is 0.401 e. The van der Waals surface area contributed by atoms with Gasteiger partial charge in [-0.25, -0.2) is 0 Å². The van der Waals surface area contributed by atoms with Gasteiger partial charge in [0, 0.05) is 26.2 Å². The molecule has 19 heavy (non-hydrogen) atoms. The molecule has 0 aromatic heterocycles. The minimum atomic E-state index is -4.12. The van der Waals surface area contributed by atoms with Crippen molar-refractivity contribution in [3.8, 4) is 0 Å². The third kappa shape index (κ3) is 3.76. The first-order valence-corrected chi connectivity index (χ1v) is 6.25. The molecule has 0 saturated carbocycles. The Morgan fingerprint density at radius 2 is 1.79 bits per heavy atom. The van der Waals surface area contributed by atoms with E-state index in [4.69, 9.17) is 5.73 Å². The quantitative estimate of drug-likeness (QED) is 0.839. The van der Waals surface area contributed by atoms with Gasteiger partial charge in [0.05, 0.1) is 17.9 Å². The molecule has 0 spiro atoms. The molecule has 1 aromatic rings. The zero-order valence-corrected chi connectivity index (χ0v) is 10.9. The van der Waals surface area contributed by atoms with Gasteiger partial charge in [0.2, 0.25) is 0 Å². The van der Waals surface area contributed by atoms with Crippen molar-refractivity contribution >= 4 is 11.4 Å². The molecule has 2 rings (SSSR count). The SMILES string of the molecule is Cc1ccc(N2CCN(CC(F)(F)F)CC2)c(N)c1. The number of rotatable bonds is 2. The van der Waals surface area contributed by atoms with Crippen LogP contribution in [0.4, 0.5) is 24.5 Å². The number of alkyl halides is 3. The maximum Gasteiger partial charge on any atom is 0.401 e. The Bertz CT molecular complexity index is 437. The molecule has 0 unspecified atom stereocenters. The molecule has 0 atom stereocenters. The highest BCUT2D eigenvalue weighted by molar-refractivity contribution is 5.68. The zero-order chi connectivity index (χ0) is 14.0. The first-order valence-electron chi connectivity index (χ1n) is 6.25. The van der Waals surface area contributed by atoms with Crippen LogP contribution in [0.2, 0.25) is 0 Å². The summed E-state index contributed by atoms with van der Waals surface area (Å²) in [4.78, 5) is 3.47. The molecule has 1 aromatic carbocycles. The number of halogens is 3. The predicted molar refractivity (Wildman–Crippen MR) is 70.3 cm³/mol. The number of piperazine rings is 1. The van der Waals surface area contributed by atoms with Crippen LogP contribution >= 0.6 is 0 Å². The van der Waals surface area contributed by atoms with Gasteiger partial charge in [-0.05, 0) is 24.6 Å². The Balaban J connectivity index is 1.96. The van der Waals surface area contributed by atoms with Gasteiger partial charge in [-0.15, -0.1) is 0 Å². The summed E-state index contributed by atoms with van der Waals surface area (Å²) in [6, 6.07) is 5.79. The average Bonchev–Trinajstić information content (AvgIpc) is 2.28. The zero-order valence-electron chi connectivity index (χ0n) is 10.9. The Morgan fingerprint density at radius 3 is 2.32 bits per heavy atom. The summed E-state index contributed by atoms with van der Waals surface area (Å²) in [7, 11) is 0. The van der Waals surface area contributed by atoms with Crippen LogP contribution in [-0.4, -0.2) is 43.8 Å². The predicted octanol–water partition coefficient (Wildman–Crippen LogP) is 2.26. The minimum Gasteiger partial charge on any atom is -0.397 e. The second-order valence-corrected chi connectivity index (χ2v) is 4.94. The molecule has 106 valence electrons. The first-order chi connectivity index (χ1) is 8.85. The van der Waals surface area contributed by atoms with Crippen LogP contribution in [0.15, 0.2) is 18.2 Å². The molecule has 0 radical (unpaired) electrons. The van der Waals surface area contributed by atoms with E-state index in [-0.39, 0.29) is 0 Å². The number of anilines is 2. The van der Waals surface area contributed by atoms with E-state index in [0.29, 0.717) is 31.9 Å². The van der Waals surface area contributed by atoms with Crippen LogP contribution in [0.3, 0.4) is 0 Å². The van der Waals surface area contributed by atoms with E-state index in [1.807, 2.05) is 30.0 Å². The Hall–Kier alpha value is -1.43. The molecule has 1 saturated heterocycles. The maximum atomic E-state index is 12.3. The van der Waals surface area contributed by atoms with E-state index in [1.54, 1.807) is 0 Å². The molecule has 0 bridgehead atoms. The standard InChI is InChI=1S/C13H18F3N3/c1-10-2-3-12(11(17)8-10)19-6-4-18(5-7-19)9-13(14,15)16/h2-3,8H,4-7,9,17H2,1H3. The molecule has 1 heterocycles. The highest BCUT2D eigenvalue weighted by Crippen LogP contribution is 2.26. The van der Waals surface area contributed by atoms with Gasteiger partial charge in [0.25, 0.3) is 0 Å². The molecule has 1 aliphatic rings. The fourth-order valence-electron chi connectivity index (χ4n) is 2.36. The summed E-state index contributed by atoms with van der Waals surface area (Å²) in [5.41, 5.74) is 8.63. The Kier molecular flexibility index (Phi) is 3.89. The van der Waals surface area contributed by atoms with Crippen LogP contribution in [0.5, 0.6) is 0 Å². The molecular weight excluding hydrogens is 255 g/mol. The third-order valence-corrected chi connectivity index (χ3v) is 3.30. The van der Waals surface area contributed by atoms with Crippen molar-refractivity contribution in [2.24, 2.45) is 0 Å². The average molecular weight is 273 g/mol. The molecule has 2 N–H and O–H groups in total. The van der Waals surface area contributed by atoms with Crippen molar-refractivity contribution < 1.29 is 13.2 Å². The van der Waals surface area contributed by atoms with Crippen molar-refractivity contribution in [1.82, 2.24) is 4.90 Å². The summed E-state index contributed by atoms with van der Waals surface area (Å²) < 4.78 is 36.9. The lowest BCUT2D eigenvalue weighted by Gasteiger charge is -2.36. The van der Waals surface area contributed by atoms with Crippen molar-refractivity contribution in [2.75, 3.05) is 43.4 Å². The summed E-state index contributed by atoms with van der Waals surface area (Å²) in [5.74, 6) is 0. The minimum absolute atomic E-state index is 0.410. The van der Waals surface area contributed by atoms with Gasteiger partial charge in [-0.1, -0.05) is 6.07 Å². The summed E-state index contributed by atoms with van der Waals surface area (Å²) >= 11 is 0. The van der Waals surface area contributed by atoms with Crippen LogP contribution in [0.1, 0.15) is 5.56 Å². The van der Waals surface area contributed by atoms with Gasteiger partial charge >= 0.3 is 6.18 Å². The molecule has 1 aliphatic heterocycles. The lowest BCUT2D eigenvalue weighted by molar-refractivity contribution is -0.146. The van der Waals surface area contributed by atoms with E-state index >= 15 is 0 Å². The molecule has 0 aliphatic carbocycles. The number of nitrogen functional groups attached to an aromatic ring is 1. The van der Waals surface area contributed by atoms with Gasteiger partial charge in [-0.3, -0.25) is 4.90 Å². The van der Waals surface area contributed by atoms with Gasteiger partial charge in [0.15, 0.2) is 0 Å². The fraction of sp³-hybridized carbons (Fsp3) is 0.538. The maximum absolute atomic E-state index is 12.3. The monoisotopic (exact) mass is 273 g/mol. The number of nitrogens with zero attached hydrogens (tertiary/aromatic N) is 2. The second kappa shape index (κ2) is 5.28. The molecule has 3 nitrogen and oxygen atoms in total. The Labute approximate surface area is 110 Å². The molecule has 6 heteroatoms. The second-order valence-electron chi connectivity index (χ2n) is 4.94. The third-order valence-electron chi connectivity index (χ3n) is 3.30. The normalized spacial score (nSPS) is 17.8. The van der Waals surface area contributed by atoms with E-state index in [0.717, 1.165) is 11.3 Å². The van der Waals surface area contributed by atoms with Crippen molar-refractivity contribution in [1.29, 1.82) is 0 Å². The number of hydrogen-bond donors (Lipinski definition) is 1. The fourth-order valence-corrected chi connectivity index (χ4v) is 2.36. The topological polar surface area (TPSA) is 32.5 Å². The van der Waals surface area contributed by atoms with E-state index < -0.39 is 12.7 Å². The van der Waals surface area contributed by atoms with E-state index in [2.05, 4.69) is 0 Å². The lowest BCUT2D eigenvalue weighted by Crippen LogP contribution is -2.49. The molecule has 0 amide bonds. The smallest absolute Gasteiger partial charge is 0.397 e. The van der Waals surface area contributed by atoms with Crippen LogP contribution in [0.25, 0.3) is 0 Å². The molecule has 1 fully saturated rings. The van der Waals surface area contributed by atoms with Gasteiger partial charge in [0.1, 0.15) is 0 Å². The van der Waals surface area contributed by atoms with E-state index in [9.17, 15) is 13.2 Å². The van der Waals surface area contributed by atoms with Crippen LogP contribution in [0, 0.1) is 6.92 Å². The summed E-state index contributed by atoms with van der Waals surface area (Å²) in [5, 5.41) is 0. The highest BCUT2D eigenvalue weighted by Gasteiger charge is 2.32. The van der Waals surface area contributed by atoms with Gasteiger partial charge in [-0.2, -0.15) is 13.2 Å². The molecular formula is C13H18F3N3. The van der Waals surface area contributed by atoms with Gasteiger partial charge < -0.3 is 10.6 Å².